The Hall–Kier alpha value is -1.81. The number of carbonyl (C=O) groups excluding carboxylic acids is 1. The molecule has 130 valence electrons. The third kappa shape index (κ3) is 2.35. The maximum Gasteiger partial charge on any atom is 0.376 e. The number of hydrogen-bond acceptors (Lipinski definition) is 4. The third-order valence-electron chi connectivity index (χ3n) is 6.60. The van der Waals surface area contributed by atoms with Crippen LogP contribution in [0.1, 0.15) is 45.6 Å². The van der Waals surface area contributed by atoms with Gasteiger partial charge in [-0.05, 0) is 35.8 Å². The minimum atomic E-state index is -1.44. The minimum absolute atomic E-state index is 0.0571. The van der Waals surface area contributed by atoms with Gasteiger partial charge in [0.05, 0.1) is 7.11 Å². The van der Waals surface area contributed by atoms with Gasteiger partial charge in [-0.15, -0.1) is 0 Å². The quantitative estimate of drug-likeness (QED) is 0.395. The number of fused-ring (bicyclic) bond motifs is 2. The number of esters is 1. The topological polar surface area (TPSA) is 55.8 Å². The third-order valence-corrected chi connectivity index (χ3v) is 6.60. The van der Waals surface area contributed by atoms with Gasteiger partial charge in [0.1, 0.15) is 0 Å². The van der Waals surface area contributed by atoms with Crippen molar-refractivity contribution < 1.29 is 19.4 Å². The fourth-order valence-electron chi connectivity index (χ4n) is 4.47. The lowest BCUT2D eigenvalue weighted by Crippen LogP contribution is -2.50. The summed E-state index contributed by atoms with van der Waals surface area (Å²) in [5.41, 5.74) is 0.349. The minimum Gasteiger partial charge on any atom is -0.490 e. The molecule has 3 unspecified atom stereocenters. The summed E-state index contributed by atoms with van der Waals surface area (Å²) in [6.07, 6.45) is 4.05. The molecule has 0 aliphatic heterocycles. The molecular weight excluding hydrogens is 304 g/mol. The predicted octanol–water partition coefficient (Wildman–Crippen LogP) is 3.75. The second-order valence-electron chi connectivity index (χ2n) is 7.79. The summed E-state index contributed by atoms with van der Waals surface area (Å²) in [5, 5.41) is 11.1. The number of benzene rings is 1. The molecule has 3 rings (SSSR count). The van der Waals surface area contributed by atoms with Gasteiger partial charge in [-0.3, -0.25) is 0 Å². The van der Waals surface area contributed by atoms with Crippen molar-refractivity contribution >= 4 is 12.0 Å². The molecule has 0 aromatic heterocycles. The molecule has 0 saturated heterocycles. The zero-order valence-corrected chi connectivity index (χ0v) is 14.8. The molecule has 2 aliphatic rings. The van der Waals surface area contributed by atoms with Gasteiger partial charge in [-0.25, -0.2) is 4.79 Å². The maximum absolute atomic E-state index is 12.6. The van der Waals surface area contributed by atoms with Gasteiger partial charge in [-0.1, -0.05) is 51.1 Å². The van der Waals surface area contributed by atoms with Crippen molar-refractivity contribution in [3.63, 3.8) is 0 Å². The number of carbonyl (C=O) groups is 1. The Kier molecular flexibility index (Phi) is 3.99. The van der Waals surface area contributed by atoms with Crippen LogP contribution >= 0.6 is 0 Å². The highest BCUT2D eigenvalue weighted by Crippen LogP contribution is 2.69. The van der Waals surface area contributed by atoms with Gasteiger partial charge in [0.15, 0.2) is 0 Å². The summed E-state index contributed by atoms with van der Waals surface area (Å²) >= 11 is 0. The van der Waals surface area contributed by atoms with E-state index in [0.29, 0.717) is 12.3 Å². The molecule has 4 nitrogen and oxygen atoms in total. The van der Waals surface area contributed by atoms with Gasteiger partial charge in [0.25, 0.3) is 0 Å². The second kappa shape index (κ2) is 5.62. The van der Waals surface area contributed by atoms with Crippen LogP contribution in [0.5, 0.6) is 0 Å². The van der Waals surface area contributed by atoms with Crippen molar-refractivity contribution in [3.8, 4) is 0 Å². The van der Waals surface area contributed by atoms with Gasteiger partial charge in [0, 0.05) is 11.8 Å². The fourth-order valence-corrected chi connectivity index (χ4v) is 4.47. The van der Waals surface area contributed by atoms with E-state index in [4.69, 9.17) is 9.47 Å². The van der Waals surface area contributed by atoms with Crippen LogP contribution in [0.25, 0.3) is 6.08 Å². The average molecular weight is 330 g/mol. The Morgan fingerprint density at radius 2 is 1.92 bits per heavy atom. The van der Waals surface area contributed by atoms with Gasteiger partial charge in [-0.2, -0.15) is 0 Å². The fraction of sp³-hybridized carbons (Fsp3) is 0.550. The summed E-state index contributed by atoms with van der Waals surface area (Å²) in [5.74, 6) is -1.60. The van der Waals surface area contributed by atoms with Crippen molar-refractivity contribution in [1.29, 1.82) is 0 Å². The van der Waals surface area contributed by atoms with Crippen LogP contribution in [0.2, 0.25) is 0 Å². The first-order chi connectivity index (χ1) is 11.2. The summed E-state index contributed by atoms with van der Waals surface area (Å²) in [6, 6.07) is 9.43. The maximum atomic E-state index is 12.6. The monoisotopic (exact) mass is 330 g/mol. The van der Waals surface area contributed by atoms with Gasteiger partial charge < -0.3 is 14.6 Å². The largest absolute Gasteiger partial charge is 0.490 e. The number of rotatable bonds is 4. The Labute approximate surface area is 143 Å². The Morgan fingerprint density at radius 1 is 1.25 bits per heavy atom. The van der Waals surface area contributed by atoms with E-state index in [-0.39, 0.29) is 11.2 Å². The zero-order valence-electron chi connectivity index (χ0n) is 14.8. The summed E-state index contributed by atoms with van der Waals surface area (Å²) in [4.78, 5) is 12.6. The lowest BCUT2D eigenvalue weighted by Gasteiger charge is -2.43. The first-order valence-electron chi connectivity index (χ1n) is 8.50. The van der Waals surface area contributed by atoms with E-state index in [0.717, 1.165) is 18.4 Å². The highest BCUT2D eigenvalue weighted by molar-refractivity contribution is 5.91. The van der Waals surface area contributed by atoms with Crippen LogP contribution in [0.15, 0.2) is 36.1 Å². The van der Waals surface area contributed by atoms with Gasteiger partial charge >= 0.3 is 5.97 Å². The number of aliphatic hydroxyl groups is 1. The summed E-state index contributed by atoms with van der Waals surface area (Å²) in [7, 11) is 1.44. The highest BCUT2D eigenvalue weighted by atomic mass is 16.7. The first kappa shape index (κ1) is 17.0. The van der Waals surface area contributed by atoms with Crippen LogP contribution in [0.4, 0.5) is 0 Å². The van der Waals surface area contributed by atoms with E-state index in [1.54, 1.807) is 6.08 Å². The molecule has 2 bridgehead atoms. The normalized spacial score (nSPS) is 34.2. The smallest absolute Gasteiger partial charge is 0.376 e. The molecule has 0 spiro atoms. The SMILES string of the molecule is COC(=Cc1ccccc1)C(=O)OC1(O)CC2CCC1(C)C2(C)C. The van der Waals surface area contributed by atoms with Crippen molar-refractivity contribution in [2.45, 2.75) is 45.8 Å². The van der Waals surface area contributed by atoms with Crippen LogP contribution < -0.4 is 0 Å². The standard InChI is InChI=1S/C20H26O4/c1-18(2)15-10-11-19(18,3)20(22,13-15)24-17(21)16(23-4)12-14-8-6-5-7-9-14/h5-9,12,15,22H,10-11,13H2,1-4H3. The Bertz CT molecular complexity index is 663. The molecule has 1 N–H and O–H groups in total. The number of hydrogen-bond donors (Lipinski definition) is 1. The van der Waals surface area contributed by atoms with Crippen LogP contribution in [0.3, 0.4) is 0 Å². The first-order valence-corrected chi connectivity index (χ1v) is 8.50. The molecule has 24 heavy (non-hydrogen) atoms. The average Bonchev–Trinajstić information content (AvgIpc) is 2.85. The zero-order chi connectivity index (χ0) is 17.6. The molecule has 0 heterocycles. The Balaban J connectivity index is 1.83. The van der Waals surface area contributed by atoms with E-state index < -0.39 is 17.2 Å². The Morgan fingerprint density at radius 3 is 2.42 bits per heavy atom. The van der Waals surface area contributed by atoms with Crippen LogP contribution in [0, 0.1) is 16.7 Å². The molecule has 2 saturated carbocycles. The number of ether oxygens (including phenoxy) is 2. The van der Waals surface area contributed by atoms with Crippen LogP contribution in [-0.2, 0) is 14.3 Å². The van der Waals surface area contributed by atoms with E-state index >= 15 is 0 Å². The molecule has 4 heteroatoms. The van der Waals surface area contributed by atoms with E-state index in [2.05, 4.69) is 13.8 Å². The number of methoxy groups -OCH3 is 1. The molecule has 0 radical (unpaired) electrons. The van der Waals surface area contributed by atoms with Crippen molar-refractivity contribution in [1.82, 2.24) is 0 Å². The lowest BCUT2D eigenvalue weighted by atomic mass is 9.68. The molecule has 2 fully saturated rings. The summed E-state index contributed by atoms with van der Waals surface area (Å²) in [6.45, 7) is 6.35. The van der Waals surface area contributed by atoms with Crippen molar-refractivity contribution in [3.05, 3.63) is 41.7 Å². The second-order valence-corrected chi connectivity index (χ2v) is 7.79. The molecule has 0 amide bonds. The summed E-state index contributed by atoms with van der Waals surface area (Å²) < 4.78 is 10.8. The lowest BCUT2D eigenvalue weighted by molar-refractivity contribution is -0.259. The molecule has 3 atom stereocenters. The van der Waals surface area contributed by atoms with E-state index in [1.165, 1.54) is 7.11 Å². The molecular formula is C20H26O4. The van der Waals surface area contributed by atoms with E-state index in [1.807, 2.05) is 37.3 Å². The predicted molar refractivity (Wildman–Crippen MR) is 91.7 cm³/mol. The van der Waals surface area contributed by atoms with Crippen molar-refractivity contribution in [2.75, 3.05) is 7.11 Å². The van der Waals surface area contributed by atoms with Gasteiger partial charge in [0.2, 0.25) is 11.5 Å². The molecule has 2 aliphatic carbocycles. The molecule has 1 aromatic rings. The van der Waals surface area contributed by atoms with E-state index in [9.17, 15) is 9.90 Å². The molecule has 1 aromatic carbocycles. The van der Waals surface area contributed by atoms with Crippen molar-refractivity contribution in [2.24, 2.45) is 16.7 Å². The highest BCUT2D eigenvalue weighted by Gasteiger charge is 2.70. The van der Waals surface area contributed by atoms with Crippen LogP contribution in [-0.4, -0.2) is 24.0 Å².